The maximum atomic E-state index is 13.5. The first-order valence-electron chi connectivity index (χ1n) is 11.2. The van der Waals surface area contributed by atoms with Crippen molar-refractivity contribution < 1.29 is 39.5 Å². The summed E-state index contributed by atoms with van der Waals surface area (Å²) in [7, 11) is 0. The Kier molecular flexibility index (Phi) is 6.46. The molecular formula is C24H12F9N7O. The summed E-state index contributed by atoms with van der Waals surface area (Å²) in [4.78, 5) is 12.8. The fourth-order valence-electron chi connectivity index (χ4n) is 4.02. The van der Waals surface area contributed by atoms with Crippen molar-refractivity contribution in [2.75, 3.05) is 0 Å². The van der Waals surface area contributed by atoms with E-state index in [1.54, 1.807) is 0 Å². The first kappa shape index (κ1) is 27.6. The number of H-pyrrole nitrogens is 2. The molecule has 2 heterocycles. The molecular weight excluding hydrogens is 573 g/mol. The Morgan fingerprint density at radius 1 is 0.634 bits per heavy atom. The van der Waals surface area contributed by atoms with Crippen LogP contribution in [0, 0.1) is 0 Å². The Labute approximate surface area is 221 Å². The van der Waals surface area contributed by atoms with Crippen LogP contribution in [0.15, 0.2) is 65.5 Å². The standard InChI is InChI=1S/C24H12F9N7O/c25-22(26,27)14-4-1-11(2-5-14)12-3-6-18(17(9-12)19-34-38-39-35-19)40-20(36-37-21(40)41)13-7-15(23(28,29)30)10-16(8-13)24(31,32)33/h1-10H,(H,37,41)(H,34,35,38,39). The van der Waals surface area contributed by atoms with Crippen molar-refractivity contribution in [3.8, 4) is 39.6 Å². The maximum Gasteiger partial charge on any atom is 0.416 e. The van der Waals surface area contributed by atoms with Crippen molar-refractivity contribution in [3.63, 3.8) is 0 Å². The van der Waals surface area contributed by atoms with Crippen molar-refractivity contribution >= 4 is 0 Å². The maximum absolute atomic E-state index is 13.5. The van der Waals surface area contributed by atoms with Crippen LogP contribution in [0.25, 0.3) is 39.6 Å². The highest BCUT2D eigenvalue weighted by Gasteiger charge is 2.37. The molecule has 0 atom stereocenters. The molecule has 212 valence electrons. The van der Waals surface area contributed by atoms with Gasteiger partial charge in [0.1, 0.15) is 0 Å². The lowest BCUT2D eigenvalue weighted by Crippen LogP contribution is -2.17. The minimum absolute atomic E-state index is 0.00363. The van der Waals surface area contributed by atoms with E-state index in [1.807, 2.05) is 5.10 Å². The van der Waals surface area contributed by atoms with Gasteiger partial charge in [0.15, 0.2) is 5.82 Å². The number of tetrazole rings is 1. The molecule has 0 saturated carbocycles. The third-order valence-electron chi connectivity index (χ3n) is 5.89. The molecule has 0 fully saturated rings. The van der Waals surface area contributed by atoms with E-state index in [2.05, 4.69) is 25.7 Å². The third-order valence-corrected chi connectivity index (χ3v) is 5.89. The van der Waals surface area contributed by atoms with Gasteiger partial charge in [0, 0.05) is 11.1 Å². The highest BCUT2D eigenvalue weighted by molar-refractivity contribution is 5.77. The Hall–Kier alpha value is -4.96. The van der Waals surface area contributed by atoms with E-state index in [1.165, 1.54) is 30.3 Å². The third kappa shape index (κ3) is 5.42. The van der Waals surface area contributed by atoms with E-state index in [-0.39, 0.29) is 23.1 Å². The van der Waals surface area contributed by atoms with Gasteiger partial charge < -0.3 is 0 Å². The molecule has 41 heavy (non-hydrogen) atoms. The largest absolute Gasteiger partial charge is 0.416 e. The quantitative estimate of drug-likeness (QED) is 0.247. The lowest BCUT2D eigenvalue weighted by atomic mass is 9.99. The van der Waals surface area contributed by atoms with Gasteiger partial charge in [-0.3, -0.25) is 0 Å². The highest BCUT2D eigenvalue weighted by Crippen LogP contribution is 2.39. The van der Waals surface area contributed by atoms with Crippen molar-refractivity contribution in [3.05, 3.63) is 87.8 Å². The van der Waals surface area contributed by atoms with Crippen LogP contribution in [-0.4, -0.2) is 35.4 Å². The molecule has 5 rings (SSSR count). The summed E-state index contributed by atoms with van der Waals surface area (Å²) in [5.41, 5.74) is -5.36. The topological polar surface area (TPSA) is 105 Å². The molecule has 0 spiro atoms. The summed E-state index contributed by atoms with van der Waals surface area (Å²) in [6.45, 7) is 0. The van der Waals surface area contributed by atoms with Gasteiger partial charge >= 0.3 is 24.2 Å². The molecule has 0 bridgehead atoms. The Balaban J connectivity index is 1.70. The average molecular weight is 585 g/mol. The van der Waals surface area contributed by atoms with Gasteiger partial charge in [-0.1, -0.05) is 18.2 Å². The molecule has 3 aromatic carbocycles. The number of alkyl halides is 9. The number of aromatic amines is 2. The predicted octanol–water partition coefficient (Wildman–Crippen LogP) is 6.13. The SMILES string of the molecule is O=c1[nH]nc(-c2cc(C(F)(F)F)cc(C(F)(F)F)c2)n1-c1ccc(-c2ccc(C(F)(F)F)cc2)cc1-c1nn[nH]n1. The summed E-state index contributed by atoms with van der Waals surface area (Å²) in [6.07, 6.45) is -14.9. The second-order valence-corrected chi connectivity index (χ2v) is 8.52. The molecule has 0 amide bonds. The van der Waals surface area contributed by atoms with E-state index in [0.29, 0.717) is 23.3 Å². The zero-order valence-corrected chi connectivity index (χ0v) is 19.8. The van der Waals surface area contributed by atoms with E-state index in [9.17, 15) is 44.3 Å². The molecule has 17 heteroatoms. The highest BCUT2D eigenvalue weighted by atomic mass is 19.4. The molecule has 0 saturated heterocycles. The van der Waals surface area contributed by atoms with Crippen LogP contribution < -0.4 is 5.69 Å². The molecule has 0 aliphatic carbocycles. The Bertz CT molecular complexity index is 1730. The first-order valence-corrected chi connectivity index (χ1v) is 11.2. The Morgan fingerprint density at radius 2 is 1.22 bits per heavy atom. The number of benzene rings is 3. The molecule has 2 aromatic heterocycles. The minimum atomic E-state index is -5.16. The molecule has 0 unspecified atom stereocenters. The van der Waals surface area contributed by atoms with E-state index in [0.717, 1.165) is 16.7 Å². The summed E-state index contributed by atoms with van der Waals surface area (Å²) >= 11 is 0. The van der Waals surface area contributed by atoms with Crippen LogP contribution in [0.3, 0.4) is 0 Å². The van der Waals surface area contributed by atoms with Crippen molar-refractivity contribution in [1.82, 2.24) is 35.4 Å². The fourth-order valence-corrected chi connectivity index (χ4v) is 4.02. The van der Waals surface area contributed by atoms with Gasteiger partial charge in [0.05, 0.1) is 22.4 Å². The summed E-state index contributed by atoms with van der Waals surface area (Å²) in [5.74, 6) is -0.744. The molecule has 0 radical (unpaired) electrons. The number of hydrogen-bond acceptors (Lipinski definition) is 5. The van der Waals surface area contributed by atoms with Crippen LogP contribution in [-0.2, 0) is 18.5 Å². The number of nitrogens with zero attached hydrogens (tertiary/aromatic N) is 5. The summed E-state index contributed by atoms with van der Waals surface area (Å²) in [6, 6.07) is 8.82. The number of nitrogens with one attached hydrogen (secondary N) is 2. The molecule has 0 aliphatic rings. The fraction of sp³-hybridized carbons (Fsp3) is 0.125. The van der Waals surface area contributed by atoms with E-state index < -0.39 is 52.3 Å². The minimum Gasteiger partial charge on any atom is -0.246 e. The molecule has 8 nitrogen and oxygen atoms in total. The first-order chi connectivity index (χ1) is 19.1. The van der Waals surface area contributed by atoms with Crippen LogP contribution in [0.1, 0.15) is 16.7 Å². The second-order valence-electron chi connectivity index (χ2n) is 8.52. The van der Waals surface area contributed by atoms with Crippen molar-refractivity contribution in [2.45, 2.75) is 18.5 Å². The number of aromatic nitrogens is 7. The monoisotopic (exact) mass is 585 g/mol. The van der Waals surface area contributed by atoms with Gasteiger partial charge in [0.2, 0.25) is 5.82 Å². The van der Waals surface area contributed by atoms with Crippen LogP contribution in [0.2, 0.25) is 0 Å². The number of halogens is 9. The smallest absolute Gasteiger partial charge is 0.246 e. The van der Waals surface area contributed by atoms with Gasteiger partial charge in [-0.25, -0.2) is 14.5 Å². The summed E-state index contributed by atoms with van der Waals surface area (Å²) < 4.78 is 121. The summed E-state index contributed by atoms with van der Waals surface area (Å²) in [5, 5.41) is 18.9. The normalized spacial score (nSPS) is 12.6. The van der Waals surface area contributed by atoms with Gasteiger partial charge in [-0.15, -0.1) is 10.2 Å². The van der Waals surface area contributed by atoms with Crippen LogP contribution in [0.5, 0.6) is 0 Å². The Morgan fingerprint density at radius 3 is 1.76 bits per heavy atom. The van der Waals surface area contributed by atoms with Crippen molar-refractivity contribution in [2.24, 2.45) is 0 Å². The van der Waals surface area contributed by atoms with Crippen LogP contribution in [0.4, 0.5) is 39.5 Å². The van der Waals surface area contributed by atoms with Crippen LogP contribution >= 0.6 is 0 Å². The lowest BCUT2D eigenvalue weighted by Gasteiger charge is -2.15. The molecule has 2 N–H and O–H groups in total. The molecule has 5 aromatic rings. The van der Waals surface area contributed by atoms with Gasteiger partial charge in [-0.2, -0.15) is 49.8 Å². The second kappa shape index (κ2) is 9.60. The lowest BCUT2D eigenvalue weighted by molar-refractivity contribution is -0.143. The predicted molar refractivity (Wildman–Crippen MR) is 123 cm³/mol. The van der Waals surface area contributed by atoms with Gasteiger partial charge in [0.25, 0.3) is 0 Å². The van der Waals surface area contributed by atoms with Crippen molar-refractivity contribution in [1.29, 1.82) is 0 Å². The van der Waals surface area contributed by atoms with Gasteiger partial charge in [-0.05, 0) is 58.8 Å². The number of hydrogen-bond donors (Lipinski definition) is 2. The zero-order valence-electron chi connectivity index (χ0n) is 19.8. The molecule has 0 aliphatic heterocycles. The zero-order chi connectivity index (χ0) is 29.7. The van der Waals surface area contributed by atoms with E-state index >= 15 is 0 Å². The van der Waals surface area contributed by atoms with E-state index in [4.69, 9.17) is 0 Å². The number of rotatable bonds is 4. The average Bonchev–Trinajstić information content (AvgIpc) is 3.57.